The SMILES string of the molecule is CN(C(=O)C1CC2CCC1N2)C1CCC(C)(C)CC1. The molecule has 2 bridgehead atoms. The first kappa shape index (κ1) is 13.4. The Morgan fingerprint density at radius 1 is 1.16 bits per heavy atom. The molecule has 1 N–H and O–H groups in total. The van der Waals surface area contributed by atoms with Gasteiger partial charge in [0, 0.05) is 25.2 Å². The highest BCUT2D eigenvalue weighted by molar-refractivity contribution is 5.80. The minimum atomic E-state index is 0.263. The number of hydrogen-bond donors (Lipinski definition) is 1. The lowest BCUT2D eigenvalue weighted by Gasteiger charge is -2.40. The Morgan fingerprint density at radius 2 is 1.84 bits per heavy atom. The topological polar surface area (TPSA) is 32.3 Å². The highest BCUT2D eigenvalue weighted by Crippen LogP contribution is 2.39. The molecule has 0 aromatic rings. The maximum atomic E-state index is 12.7. The first-order chi connectivity index (χ1) is 8.96. The molecule has 0 spiro atoms. The van der Waals surface area contributed by atoms with Crippen molar-refractivity contribution in [2.45, 2.75) is 76.9 Å². The summed E-state index contributed by atoms with van der Waals surface area (Å²) in [7, 11) is 2.04. The van der Waals surface area contributed by atoms with Crippen LogP contribution in [-0.2, 0) is 4.79 Å². The van der Waals surface area contributed by atoms with E-state index >= 15 is 0 Å². The second kappa shape index (κ2) is 4.76. The molecule has 3 rings (SSSR count). The van der Waals surface area contributed by atoms with Gasteiger partial charge >= 0.3 is 0 Å². The zero-order valence-electron chi connectivity index (χ0n) is 12.6. The van der Waals surface area contributed by atoms with Crippen LogP contribution in [0, 0.1) is 11.3 Å². The second-order valence-corrected chi connectivity index (χ2v) is 7.73. The Hall–Kier alpha value is -0.570. The molecule has 3 nitrogen and oxygen atoms in total. The number of nitrogens with one attached hydrogen (secondary N) is 1. The molecule has 1 aliphatic carbocycles. The van der Waals surface area contributed by atoms with E-state index in [-0.39, 0.29) is 5.92 Å². The summed E-state index contributed by atoms with van der Waals surface area (Å²) >= 11 is 0. The van der Waals surface area contributed by atoms with Gasteiger partial charge in [0.1, 0.15) is 0 Å². The second-order valence-electron chi connectivity index (χ2n) is 7.73. The van der Waals surface area contributed by atoms with E-state index in [2.05, 4.69) is 24.1 Å². The number of fused-ring (bicyclic) bond motifs is 2. The smallest absolute Gasteiger partial charge is 0.227 e. The number of carbonyl (C=O) groups excluding carboxylic acids is 1. The molecule has 2 saturated heterocycles. The van der Waals surface area contributed by atoms with E-state index in [4.69, 9.17) is 0 Å². The first-order valence-corrected chi connectivity index (χ1v) is 7.99. The third-order valence-electron chi connectivity index (χ3n) is 5.82. The van der Waals surface area contributed by atoms with Gasteiger partial charge in [0.2, 0.25) is 5.91 Å². The average Bonchev–Trinajstić information content (AvgIpc) is 2.99. The summed E-state index contributed by atoms with van der Waals surface area (Å²) in [6.45, 7) is 4.70. The van der Waals surface area contributed by atoms with Crippen molar-refractivity contribution in [3.8, 4) is 0 Å². The molecule has 3 atom stereocenters. The highest BCUT2D eigenvalue weighted by atomic mass is 16.2. The molecule has 3 fully saturated rings. The molecular formula is C16H28N2O. The fraction of sp³-hybridized carbons (Fsp3) is 0.938. The van der Waals surface area contributed by atoms with Crippen molar-refractivity contribution in [2.75, 3.05) is 7.05 Å². The van der Waals surface area contributed by atoms with Crippen molar-refractivity contribution >= 4 is 5.91 Å². The third kappa shape index (κ3) is 2.54. The van der Waals surface area contributed by atoms with Crippen LogP contribution in [0.3, 0.4) is 0 Å². The lowest BCUT2D eigenvalue weighted by Crippen LogP contribution is -2.46. The van der Waals surface area contributed by atoms with E-state index in [1.807, 2.05) is 7.05 Å². The standard InChI is InChI=1S/C16H28N2O/c1-16(2)8-6-12(7-9-16)18(3)15(19)13-10-11-4-5-14(13)17-11/h11-14,17H,4-10H2,1-3H3. The van der Waals surface area contributed by atoms with Gasteiger partial charge in [-0.2, -0.15) is 0 Å². The van der Waals surface area contributed by atoms with E-state index in [9.17, 15) is 4.79 Å². The normalized spacial score (nSPS) is 37.5. The van der Waals surface area contributed by atoms with Gasteiger partial charge in [-0.1, -0.05) is 13.8 Å². The molecule has 1 saturated carbocycles. The van der Waals surface area contributed by atoms with Crippen LogP contribution in [0.4, 0.5) is 0 Å². The third-order valence-corrected chi connectivity index (χ3v) is 5.82. The molecule has 3 aliphatic rings. The van der Waals surface area contributed by atoms with Crippen LogP contribution in [0.1, 0.15) is 58.8 Å². The van der Waals surface area contributed by atoms with Gasteiger partial charge in [0.25, 0.3) is 0 Å². The minimum Gasteiger partial charge on any atom is -0.342 e. The maximum Gasteiger partial charge on any atom is 0.227 e. The van der Waals surface area contributed by atoms with Gasteiger partial charge in [0.05, 0.1) is 5.92 Å². The van der Waals surface area contributed by atoms with Crippen LogP contribution in [0.15, 0.2) is 0 Å². The molecule has 3 heteroatoms. The Bertz CT molecular complexity index is 356. The van der Waals surface area contributed by atoms with E-state index in [0.29, 0.717) is 29.4 Å². The Balaban J connectivity index is 1.58. The Morgan fingerprint density at radius 3 is 2.37 bits per heavy atom. The van der Waals surface area contributed by atoms with Crippen LogP contribution in [-0.4, -0.2) is 36.0 Å². The maximum absolute atomic E-state index is 12.7. The molecule has 108 valence electrons. The van der Waals surface area contributed by atoms with Crippen LogP contribution >= 0.6 is 0 Å². The van der Waals surface area contributed by atoms with E-state index in [0.717, 1.165) is 6.42 Å². The van der Waals surface area contributed by atoms with Gasteiger partial charge in [-0.3, -0.25) is 4.79 Å². The number of rotatable bonds is 2. The van der Waals surface area contributed by atoms with Crippen molar-refractivity contribution in [3.63, 3.8) is 0 Å². The summed E-state index contributed by atoms with van der Waals surface area (Å²) in [6.07, 6.45) is 8.43. The monoisotopic (exact) mass is 264 g/mol. The largest absolute Gasteiger partial charge is 0.342 e. The van der Waals surface area contributed by atoms with E-state index < -0.39 is 0 Å². The van der Waals surface area contributed by atoms with Crippen molar-refractivity contribution in [2.24, 2.45) is 11.3 Å². The van der Waals surface area contributed by atoms with Gasteiger partial charge in [-0.15, -0.1) is 0 Å². The van der Waals surface area contributed by atoms with Gasteiger partial charge in [0.15, 0.2) is 0 Å². The first-order valence-electron chi connectivity index (χ1n) is 7.99. The molecule has 2 aliphatic heterocycles. The molecular weight excluding hydrogens is 236 g/mol. The number of amides is 1. The Labute approximate surface area is 117 Å². The molecule has 0 aromatic heterocycles. The zero-order chi connectivity index (χ0) is 13.6. The summed E-state index contributed by atoms with van der Waals surface area (Å²) in [6, 6.07) is 1.58. The number of carbonyl (C=O) groups is 1. The fourth-order valence-corrected chi connectivity index (χ4v) is 4.31. The summed E-state index contributed by atoms with van der Waals surface area (Å²) in [5.41, 5.74) is 0.481. The quantitative estimate of drug-likeness (QED) is 0.831. The summed E-state index contributed by atoms with van der Waals surface area (Å²) in [5.74, 6) is 0.670. The number of nitrogens with zero attached hydrogens (tertiary/aromatic N) is 1. The highest BCUT2D eigenvalue weighted by Gasteiger charge is 2.44. The van der Waals surface area contributed by atoms with E-state index in [1.165, 1.54) is 38.5 Å². The van der Waals surface area contributed by atoms with Gasteiger partial charge in [-0.05, 0) is 50.4 Å². The predicted molar refractivity (Wildman–Crippen MR) is 76.9 cm³/mol. The minimum absolute atomic E-state index is 0.263. The van der Waals surface area contributed by atoms with Gasteiger partial charge in [-0.25, -0.2) is 0 Å². The molecule has 19 heavy (non-hydrogen) atoms. The predicted octanol–water partition coefficient (Wildman–Crippen LogP) is 2.55. The van der Waals surface area contributed by atoms with Crippen LogP contribution in [0.25, 0.3) is 0 Å². The summed E-state index contributed by atoms with van der Waals surface area (Å²) in [4.78, 5) is 14.8. The molecule has 3 unspecified atom stereocenters. The fourth-order valence-electron chi connectivity index (χ4n) is 4.31. The van der Waals surface area contributed by atoms with Crippen LogP contribution in [0.2, 0.25) is 0 Å². The van der Waals surface area contributed by atoms with Crippen molar-refractivity contribution in [1.29, 1.82) is 0 Å². The van der Waals surface area contributed by atoms with Crippen LogP contribution in [0.5, 0.6) is 0 Å². The molecule has 0 aromatic carbocycles. The van der Waals surface area contributed by atoms with Crippen LogP contribution < -0.4 is 5.32 Å². The molecule has 0 radical (unpaired) electrons. The summed E-state index contributed by atoms with van der Waals surface area (Å²) in [5, 5.41) is 3.58. The number of hydrogen-bond acceptors (Lipinski definition) is 2. The zero-order valence-corrected chi connectivity index (χ0v) is 12.6. The summed E-state index contributed by atoms with van der Waals surface area (Å²) < 4.78 is 0. The van der Waals surface area contributed by atoms with E-state index in [1.54, 1.807) is 0 Å². The average molecular weight is 264 g/mol. The Kier molecular flexibility index (Phi) is 3.36. The van der Waals surface area contributed by atoms with Crippen molar-refractivity contribution < 1.29 is 4.79 Å². The van der Waals surface area contributed by atoms with Gasteiger partial charge < -0.3 is 10.2 Å². The van der Waals surface area contributed by atoms with Crippen molar-refractivity contribution in [3.05, 3.63) is 0 Å². The van der Waals surface area contributed by atoms with Crippen molar-refractivity contribution in [1.82, 2.24) is 10.2 Å². The molecule has 1 amide bonds. The lowest BCUT2D eigenvalue weighted by molar-refractivity contribution is -0.138. The molecule has 2 heterocycles. The lowest BCUT2D eigenvalue weighted by atomic mass is 9.75.